The number of nitrogens with one attached hydrogen (secondary N) is 1. The first-order valence-electron chi connectivity index (χ1n) is 6.84. The Bertz CT molecular complexity index is 701. The van der Waals surface area contributed by atoms with Crippen LogP contribution in [0, 0.1) is 6.92 Å². The molecular weight excluding hydrogens is 268 g/mol. The summed E-state index contributed by atoms with van der Waals surface area (Å²) >= 11 is 1.73. The largest absolute Gasteiger partial charge is 0.310 e. The average Bonchev–Trinajstić information content (AvgIpc) is 3.04. The molecule has 1 atom stereocenters. The summed E-state index contributed by atoms with van der Waals surface area (Å²) in [6.45, 7) is 5.10. The predicted octanol–water partition coefficient (Wildman–Crippen LogP) is 2.99. The number of aromatic nitrogens is 3. The molecule has 1 N–H and O–H groups in total. The van der Waals surface area contributed by atoms with Crippen LogP contribution in [0.15, 0.2) is 36.0 Å². The minimum Gasteiger partial charge on any atom is -0.310 e. The molecular formula is C15H18N4S. The summed E-state index contributed by atoms with van der Waals surface area (Å²) < 4.78 is 1.92. The Hall–Kier alpha value is -1.72. The van der Waals surface area contributed by atoms with Crippen molar-refractivity contribution in [2.45, 2.75) is 26.3 Å². The third kappa shape index (κ3) is 2.59. The molecule has 0 aromatic carbocycles. The van der Waals surface area contributed by atoms with E-state index in [4.69, 9.17) is 0 Å². The van der Waals surface area contributed by atoms with Gasteiger partial charge in [-0.15, -0.1) is 11.3 Å². The standard InChI is InChI=1S/C15H18N4S/c1-3-16-13(8-15-18-11(2)10-20-15)12-9-17-19-7-5-4-6-14(12)19/h4-7,9-10,13,16H,3,8H2,1-2H3. The summed E-state index contributed by atoms with van der Waals surface area (Å²) in [5.41, 5.74) is 3.49. The van der Waals surface area contributed by atoms with Gasteiger partial charge in [-0.3, -0.25) is 0 Å². The molecule has 3 heterocycles. The first-order chi connectivity index (χ1) is 9.78. The minimum absolute atomic E-state index is 0.255. The van der Waals surface area contributed by atoms with E-state index in [1.165, 1.54) is 10.6 Å². The van der Waals surface area contributed by atoms with Gasteiger partial charge in [-0.1, -0.05) is 13.0 Å². The van der Waals surface area contributed by atoms with Gasteiger partial charge in [-0.2, -0.15) is 5.10 Å². The van der Waals surface area contributed by atoms with Crippen molar-refractivity contribution in [1.82, 2.24) is 19.9 Å². The van der Waals surface area contributed by atoms with Crippen LogP contribution < -0.4 is 5.32 Å². The van der Waals surface area contributed by atoms with E-state index in [9.17, 15) is 0 Å². The first kappa shape index (κ1) is 13.3. The maximum absolute atomic E-state index is 4.57. The minimum atomic E-state index is 0.255. The molecule has 0 radical (unpaired) electrons. The van der Waals surface area contributed by atoms with Crippen LogP contribution in [0.25, 0.3) is 5.52 Å². The van der Waals surface area contributed by atoms with Crippen molar-refractivity contribution in [2.24, 2.45) is 0 Å². The van der Waals surface area contributed by atoms with Crippen molar-refractivity contribution in [3.63, 3.8) is 0 Å². The van der Waals surface area contributed by atoms with E-state index in [-0.39, 0.29) is 6.04 Å². The summed E-state index contributed by atoms with van der Waals surface area (Å²) in [6, 6.07) is 6.41. The van der Waals surface area contributed by atoms with Gasteiger partial charge in [-0.05, 0) is 25.6 Å². The van der Waals surface area contributed by atoms with E-state index in [2.05, 4.69) is 39.8 Å². The van der Waals surface area contributed by atoms with Gasteiger partial charge in [0.05, 0.1) is 16.7 Å². The summed E-state index contributed by atoms with van der Waals surface area (Å²) in [5.74, 6) is 0. The van der Waals surface area contributed by atoms with E-state index in [0.29, 0.717) is 0 Å². The lowest BCUT2D eigenvalue weighted by Gasteiger charge is -2.15. The van der Waals surface area contributed by atoms with Gasteiger partial charge in [0.25, 0.3) is 0 Å². The molecule has 0 spiro atoms. The molecule has 5 heteroatoms. The summed E-state index contributed by atoms with van der Waals surface area (Å²) in [7, 11) is 0. The second-order valence-electron chi connectivity index (χ2n) is 4.83. The van der Waals surface area contributed by atoms with E-state index in [0.717, 1.165) is 24.2 Å². The Labute approximate surface area is 122 Å². The van der Waals surface area contributed by atoms with Crippen molar-refractivity contribution >= 4 is 16.9 Å². The molecule has 4 nitrogen and oxygen atoms in total. The smallest absolute Gasteiger partial charge is 0.0947 e. The van der Waals surface area contributed by atoms with Crippen molar-refractivity contribution in [3.8, 4) is 0 Å². The topological polar surface area (TPSA) is 42.2 Å². The van der Waals surface area contributed by atoms with Gasteiger partial charge >= 0.3 is 0 Å². The maximum atomic E-state index is 4.57. The van der Waals surface area contributed by atoms with Gasteiger partial charge in [-0.25, -0.2) is 9.50 Å². The van der Waals surface area contributed by atoms with Gasteiger partial charge < -0.3 is 5.32 Å². The van der Waals surface area contributed by atoms with E-state index >= 15 is 0 Å². The Balaban J connectivity index is 1.93. The lowest BCUT2D eigenvalue weighted by atomic mass is 10.1. The molecule has 3 rings (SSSR count). The molecule has 0 aliphatic rings. The molecule has 3 aromatic heterocycles. The number of fused-ring (bicyclic) bond motifs is 1. The third-order valence-electron chi connectivity index (χ3n) is 3.33. The zero-order chi connectivity index (χ0) is 13.9. The summed E-state index contributed by atoms with van der Waals surface area (Å²) in [6.07, 6.45) is 4.85. The summed E-state index contributed by atoms with van der Waals surface area (Å²) in [4.78, 5) is 4.57. The highest BCUT2D eigenvalue weighted by atomic mass is 32.1. The van der Waals surface area contributed by atoms with Crippen LogP contribution >= 0.6 is 11.3 Å². The molecule has 104 valence electrons. The monoisotopic (exact) mass is 286 g/mol. The van der Waals surface area contributed by atoms with Crippen LogP contribution in [-0.4, -0.2) is 21.1 Å². The lowest BCUT2D eigenvalue weighted by Crippen LogP contribution is -2.22. The first-order valence-corrected chi connectivity index (χ1v) is 7.72. The fourth-order valence-corrected chi connectivity index (χ4v) is 3.25. The van der Waals surface area contributed by atoms with Crippen molar-refractivity contribution < 1.29 is 0 Å². The van der Waals surface area contributed by atoms with Gasteiger partial charge in [0.15, 0.2) is 0 Å². The zero-order valence-corrected chi connectivity index (χ0v) is 12.5. The lowest BCUT2D eigenvalue weighted by molar-refractivity contribution is 0.551. The van der Waals surface area contributed by atoms with E-state index in [1.807, 2.05) is 29.9 Å². The Morgan fingerprint density at radius 2 is 2.30 bits per heavy atom. The molecule has 1 unspecified atom stereocenters. The van der Waals surface area contributed by atoms with E-state index in [1.54, 1.807) is 11.3 Å². The van der Waals surface area contributed by atoms with Crippen LogP contribution in [0.2, 0.25) is 0 Å². The zero-order valence-electron chi connectivity index (χ0n) is 11.7. The maximum Gasteiger partial charge on any atom is 0.0947 e. The summed E-state index contributed by atoms with van der Waals surface area (Å²) in [5, 5.41) is 11.3. The van der Waals surface area contributed by atoms with Crippen LogP contribution in [0.1, 0.15) is 29.2 Å². The number of likely N-dealkylation sites (N-methyl/N-ethyl adjacent to an activating group) is 1. The Morgan fingerprint density at radius 3 is 3.05 bits per heavy atom. The number of rotatable bonds is 5. The van der Waals surface area contributed by atoms with Crippen molar-refractivity contribution in [3.05, 3.63) is 52.2 Å². The average molecular weight is 286 g/mol. The Kier molecular flexibility index (Phi) is 3.80. The molecule has 0 aliphatic heterocycles. The second-order valence-corrected chi connectivity index (χ2v) is 5.77. The molecule has 0 bridgehead atoms. The SMILES string of the molecule is CCNC(Cc1nc(C)cs1)c1cnn2ccccc12. The van der Waals surface area contributed by atoms with Crippen LogP contribution in [-0.2, 0) is 6.42 Å². The highest BCUT2D eigenvalue weighted by Gasteiger charge is 2.17. The molecule has 0 fully saturated rings. The second kappa shape index (κ2) is 5.73. The van der Waals surface area contributed by atoms with Gasteiger partial charge in [0.2, 0.25) is 0 Å². The number of hydrogen-bond acceptors (Lipinski definition) is 4. The quantitative estimate of drug-likeness (QED) is 0.784. The van der Waals surface area contributed by atoms with Crippen LogP contribution in [0.5, 0.6) is 0 Å². The van der Waals surface area contributed by atoms with Crippen LogP contribution in [0.3, 0.4) is 0 Å². The van der Waals surface area contributed by atoms with Gasteiger partial charge in [0.1, 0.15) is 0 Å². The Morgan fingerprint density at radius 1 is 1.40 bits per heavy atom. The highest BCUT2D eigenvalue weighted by Crippen LogP contribution is 2.24. The van der Waals surface area contributed by atoms with Crippen molar-refractivity contribution in [2.75, 3.05) is 6.54 Å². The normalized spacial score (nSPS) is 12.9. The van der Waals surface area contributed by atoms with Crippen LogP contribution in [0.4, 0.5) is 0 Å². The molecule has 0 saturated heterocycles. The predicted molar refractivity (Wildman–Crippen MR) is 82.2 cm³/mol. The third-order valence-corrected chi connectivity index (χ3v) is 4.32. The van der Waals surface area contributed by atoms with Gasteiger partial charge in [0, 0.05) is 35.3 Å². The molecule has 20 heavy (non-hydrogen) atoms. The fourth-order valence-electron chi connectivity index (χ4n) is 2.43. The number of hydrogen-bond donors (Lipinski definition) is 1. The highest BCUT2D eigenvalue weighted by molar-refractivity contribution is 7.09. The van der Waals surface area contributed by atoms with Crippen molar-refractivity contribution in [1.29, 1.82) is 0 Å². The molecule has 0 aliphatic carbocycles. The number of nitrogens with zero attached hydrogens (tertiary/aromatic N) is 3. The molecule has 0 amide bonds. The number of pyridine rings is 1. The fraction of sp³-hybridized carbons (Fsp3) is 0.333. The molecule has 0 saturated carbocycles. The molecule has 3 aromatic rings. The number of thiazole rings is 1. The number of aryl methyl sites for hydroxylation is 1. The van der Waals surface area contributed by atoms with E-state index < -0.39 is 0 Å².